The Morgan fingerprint density at radius 2 is 2.10 bits per heavy atom. The summed E-state index contributed by atoms with van der Waals surface area (Å²) < 4.78 is 5.17. The van der Waals surface area contributed by atoms with Gasteiger partial charge in [0.15, 0.2) is 6.04 Å². The maximum Gasteiger partial charge on any atom is 0.330 e. The summed E-state index contributed by atoms with van der Waals surface area (Å²) in [4.78, 5) is 23.4. The van der Waals surface area contributed by atoms with Gasteiger partial charge in [0.2, 0.25) is 5.91 Å². The first-order valence-corrected chi connectivity index (χ1v) is 6.46. The summed E-state index contributed by atoms with van der Waals surface area (Å²) in [5.74, 6) is -1.40. The molecule has 1 aromatic carbocycles. The number of amides is 1. The smallest absolute Gasteiger partial charge is 0.330 e. The number of nitrogens with one attached hydrogen (secondary N) is 2. The van der Waals surface area contributed by atoms with Crippen LogP contribution in [0.3, 0.4) is 0 Å². The predicted octanol–water partition coefficient (Wildman–Crippen LogP) is 0.305. The van der Waals surface area contributed by atoms with Crippen LogP contribution in [-0.2, 0) is 14.3 Å². The van der Waals surface area contributed by atoms with Gasteiger partial charge >= 0.3 is 5.97 Å². The van der Waals surface area contributed by atoms with Crippen LogP contribution in [0.4, 0.5) is 0 Å². The van der Waals surface area contributed by atoms with Crippen LogP contribution in [-0.4, -0.2) is 42.8 Å². The van der Waals surface area contributed by atoms with Gasteiger partial charge in [-0.1, -0.05) is 30.3 Å². The standard InChI is InChI=1S/C14H18N2O4/c1-20-10-7-11(15-8-10)13(17)16-12(14(18)19)9-5-3-2-4-6-9/h2-6,10-12,15H,7-8H2,1H3,(H,16,17)(H,18,19). The molecule has 3 atom stereocenters. The summed E-state index contributed by atoms with van der Waals surface area (Å²) in [6, 6.07) is 7.19. The van der Waals surface area contributed by atoms with Crippen LogP contribution >= 0.6 is 0 Å². The van der Waals surface area contributed by atoms with E-state index in [-0.39, 0.29) is 12.0 Å². The number of methoxy groups -OCH3 is 1. The molecule has 0 aromatic heterocycles. The SMILES string of the molecule is COC1CNC(C(=O)NC(C(=O)O)c2ccccc2)C1. The van der Waals surface area contributed by atoms with Crippen molar-refractivity contribution in [2.24, 2.45) is 0 Å². The molecule has 0 bridgehead atoms. The number of ether oxygens (including phenoxy) is 1. The van der Waals surface area contributed by atoms with Gasteiger partial charge in [0.05, 0.1) is 12.1 Å². The fourth-order valence-corrected chi connectivity index (χ4v) is 2.26. The van der Waals surface area contributed by atoms with Gasteiger partial charge in [-0.05, 0) is 12.0 Å². The number of aliphatic carboxylic acids is 1. The van der Waals surface area contributed by atoms with Crippen molar-refractivity contribution in [2.75, 3.05) is 13.7 Å². The van der Waals surface area contributed by atoms with E-state index >= 15 is 0 Å². The minimum absolute atomic E-state index is 0.00856. The van der Waals surface area contributed by atoms with E-state index in [9.17, 15) is 14.7 Å². The topological polar surface area (TPSA) is 87.7 Å². The highest BCUT2D eigenvalue weighted by molar-refractivity contribution is 5.87. The fraction of sp³-hybridized carbons (Fsp3) is 0.429. The summed E-state index contributed by atoms with van der Waals surface area (Å²) in [6.07, 6.45) is 0.537. The zero-order chi connectivity index (χ0) is 14.5. The molecule has 6 nitrogen and oxygen atoms in total. The molecule has 1 aromatic rings. The number of rotatable bonds is 5. The van der Waals surface area contributed by atoms with E-state index in [1.54, 1.807) is 37.4 Å². The van der Waals surface area contributed by atoms with Crippen molar-refractivity contribution in [3.05, 3.63) is 35.9 Å². The third-order valence-electron chi connectivity index (χ3n) is 3.41. The summed E-state index contributed by atoms with van der Waals surface area (Å²) in [5.41, 5.74) is 0.551. The molecule has 3 N–H and O–H groups in total. The number of carbonyl (C=O) groups is 2. The lowest BCUT2D eigenvalue weighted by Gasteiger charge is -2.17. The third-order valence-corrected chi connectivity index (χ3v) is 3.41. The van der Waals surface area contributed by atoms with E-state index in [1.165, 1.54) is 0 Å². The number of hydrogen-bond donors (Lipinski definition) is 3. The van der Waals surface area contributed by atoms with Crippen LogP contribution in [0.2, 0.25) is 0 Å². The molecule has 0 spiro atoms. The molecule has 1 saturated heterocycles. The molecule has 2 rings (SSSR count). The van der Waals surface area contributed by atoms with E-state index in [0.717, 1.165) is 0 Å². The second-order valence-electron chi connectivity index (χ2n) is 4.74. The number of carboxylic acid groups (broad SMARTS) is 1. The summed E-state index contributed by atoms with van der Waals surface area (Å²) in [7, 11) is 1.59. The van der Waals surface area contributed by atoms with Gasteiger partial charge in [-0.25, -0.2) is 4.79 Å². The second-order valence-corrected chi connectivity index (χ2v) is 4.74. The number of hydrogen-bond acceptors (Lipinski definition) is 4. The first kappa shape index (κ1) is 14.5. The molecule has 108 valence electrons. The first-order valence-electron chi connectivity index (χ1n) is 6.46. The summed E-state index contributed by atoms with van der Waals surface area (Å²) >= 11 is 0. The molecule has 1 amide bonds. The zero-order valence-corrected chi connectivity index (χ0v) is 11.2. The Morgan fingerprint density at radius 3 is 2.65 bits per heavy atom. The van der Waals surface area contributed by atoms with Crippen molar-refractivity contribution in [1.29, 1.82) is 0 Å². The van der Waals surface area contributed by atoms with Crippen LogP contribution < -0.4 is 10.6 Å². The summed E-state index contributed by atoms with van der Waals surface area (Å²) in [5, 5.41) is 14.8. The predicted molar refractivity (Wildman–Crippen MR) is 72.2 cm³/mol. The Hall–Kier alpha value is -1.92. The van der Waals surface area contributed by atoms with Gasteiger partial charge in [-0.3, -0.25) is 4.79 Å². The average molecular weight is 278 g/mol. The van der Waals surface area contributed by atoms with Gasteiger partial charge in [-0.2, -0.15) is 0 Å². The van der Waals surface area contributed by atoms with Crippen molar-refractivity contribution >= 4 is 11.9 Å². The normalized spacial score (nSPS) is 23.2. The molecule has 1 aliphatic heterocycles. The molecule has 0 saturated carbocycles. The molecule has 3 unspecified atom stereocenters. The molecule has 0 aliphatic carbocycles. The lowest BCUT2D eigenvalue weighted by molar-refractivity contribution is -0.142. The average Bonchev–Trinajstić information content (AvgIpc) is 2.94. The molecule has 1 heterocycles. The van der Waals surface area contributed by atoms with Crippen molar-refractivity contribution in [3.8, 4) is 0 Å². The van der Waals surface area contributed by atoms with Gasteiger partial charge in [0.25, 0.3) is 0 Å². The van der Waals surface area contributed by atoms with Crippen LogP contribution in [0, 0.1) is 0 Å². The minimum atomic E-state index is -1.08. The van der Waals surface area contributed by atoms with Gasteiger partial charge in [0.1, 0.15) is 0 Å². The van der Waals surface area contributed by atoms with E-state index in [1.807, 2.05) is 0 Å². The van der Waals surface area contributed by atoms with E-state index in [2.05, 4.69) is 10.6 Å². The molecule has 1 fully saturated rings. The van der Waals surface area contributed by atoms with Gasteiger partial charge < -0.3 is 20.5 Å². The Bertz CT molecular complexity index is 477. The van der Waals surface area contributed by atoms with E-state index in [0.29, 0.717) is 18.5 Å². The lowest BCUT2D eigenvalue weighted by atomic mass is 10.1. The lowest BCUT2D eigenvalue weighted by Crippen LogP contribution is -2.44. The van der Waals surface area contributed by atoms with Crippen LogP contribution in [0.5, 0.6) is 0 Å². The third kappa shape index (κ3) is 3.34. The highest BCUT2D eigenvalue weighted by Gasteiger charge is 2.32. The van der Waals surface area contributed by atoms with Crippen LogP contribution in [0.25, 0.3) is 0 Å². The molecular formula is C14H18N2O4. The van der Waals surface area contributed by atoms with Crippen LogP contribution in [0.15, 0.2) is 30.3 Å². The van der Waals surface area contributed by atoms with Gasteiger partial charge in [-0.15, -0.1) is 0 Å². The highest BCUT2D eigenvalue weighted by Crippen LogP contribution is 2.15. The minimum Gasteiger partial charge on any atom is -0.479 e. The maximum absolute atomic E-state index is 12.1. The van der Waals surface area contributed by atoms with Crippen molar-refractivity contribution in [3.63, 3.8) is 0 Å². The molecule has 20 heavy (non-hydrogen) atoms. The second kappa shape index (κ2) is 6.49. The van der Waals surface area contributed by atoms with Crippen molar-refractivity contribution < 1.29 is 19.4 Å². The highest BCUT2D eigenvalue weighted by atomic mass is 16.5. The first-order chi connectivity index (χ1) is 9.61. The van der Waals surface area contributed by atoms with Gasteiger partial charge in [0, 0.05) is 13.7 Å². The number of benzene rings is 1. The van der Waals surface area contributed by atoms with E-state index in [4.69, 9.17) is 4.74 Å². The Morgan fingerprint density at radius 1 is 1.40 bits per heavy atom. The molecule has 1 aliphatic rings. The van der Waals surface area contributed by atoms with Crippen molar-refractivity contribution in [1.82, 2.24) is 10.6 Å². The number of carbonyl (C=O) groups excluding carboxylic acids is 1. The largest absolute Gasteiger partial charge is 0.479 e. The Balaban J connectivity index is 2.02. The van der Waals surface area contributed by atoms with Crippen molar-refractivity contribution in [2.45, 2.75) is 24.6 Å². The molecular weight excluding hydrogens is 260 g/mol. The quantitative estimate of drug-likeness (QED) is 0.721. The number of carboxylic acids is 1. The monoisotopic (exact) mass is 278 g/mol. The molecule has 0 radical (unpaired) electrons. The maximum atomic E-state index is 12.1. The summed E-state index contributed by atoms with van der Waals surface area (Å²) in [6.45, 7) is 0.595. The zero-order valence-electron chi connectivity index (χ0n) is 11.2. The fourth-order valence-electron chi connectivity index (χ4n) is 2.26. The molecule has 6 heteroatoms. The van der Waals surface area contributed by atoms with E-state index < -0.39 is 18.1 Å². The Labute approximate surface area is 117 Å². The Kier molecular flexibility index (Phi) is 4.70. The van der Waals surface area contributed by atoms with Crippen LogP contribution in [0.1, 0.15) is 18.0 Å².